The number of hydrogen-bond donors (Lipinski definition) is 2. The highest BCUT2D eigenvalue weighted by atomic mass is 31.2. The number of phosphoric acid groups is 1. The molecule has 9 heteroatoms. The Hall–Kier alpha value is -1.80. The summed E-state index contributed by atoms with van der Waals surface area (Å²) in [6, 6.07) is -0.805. The molecule has 0 aliphatic carbocycles. The van der Waals surface area contributed by atoms with Crippen molar-refractivity contribution >= 4 is 13.7 Å². The summed E-state index contributed by atoms with van der Waals surface area (Å²) in [5.74, 6) is -0.160. The third kappa shape index (κ3) is 69.5. The van der Waals surface area contributed by atoms with E-state index in [0.717, 1.165) is 70.6 Å². The standard InChI is InChI=1S/C76H145N2O6P/c1-6-8-10-12-14-16-18-20-22-24-26-28-30-32-34-36-38-40-41-43-45-47-49-51-53-55-57-59-61-63-65-67-69-75(79)74(73-84-85(81,82)83-72-71-78(3,4)5)77-76(80)70-68-66-64-62-60-58-56-54-52-50-48-46-44-42-39-37-35-33-31-29-27-25-23-21-19-17-15-13-11-9-7-2/h9,11,15,17,21,23,27,29,33,35,74-75,79H,6-8,10,12-14,16,18-20,22,24-26,28,30-32,34,36-73H2,1-5H3,(H-,77,80,81,82)/b11-9-,17-15-,23-21-,29-27-,35-33-. The van der Waals surface area contributed by atoms with Crippen molar-refractivity contribution in [2.24, 2.45) is 0 Å². The van der Waals surface area contributed by atoms with Gasteiger partial charge in [-0.3, -0.25) is 9.36 Å². The maximum atomic E-state index is 13.1. The molecular weight excluding hydrogens is 1070 g/mol. The second-order valence-corrected chi connectivity index (χ2v) is 28.0. The number of phosphoric ester groups is 1. The van der Waals surface area contributed by atoms with Crippen LogP contribution >= 0.6 is 7.82 Å². The summed E-state index contributed by atoms with van der Waals surface area (Å²) in [4.78, 5) is 25.7. The number of likely N-dealkylation sites (N-methyl/N-ethyl adjacent to an activating group) is 1. The lowest BCUT2D eigenvalue weighted by molar-refractivity contribution is -0.870. The second-order valence-electron chi connectivity index (χ2n) is 26.6. The lowest BCUT2D eigenvalue weighted by atomic mass is 10.0. The number of carbonyl (C=O) groups is 1. The lowest BCUT2D eigenvalue weighted by Gasteiger charge is -2.30. The summed E-state index contributed by atoms with van der Waals surface area (Å²) in [5, 5.41) is 14.1. The van der Waals surface area contributed by atoms with Crippen LogP contribution in [0.3, 0.4) is 0 Å². The fraction of sp³-hybridized carbons (Fsp3) is 0.855. The Morgan fingerprint density at radius 2 is 0.718 bits per heavy atom. The zero-order valence-corrected chi connectivity index (χ0v) is 58.2. The SMILES string of the molecule is CC/C=C\C/C=C\C/C=C\C/C=C\C/C=C\CCCCCCCCCCCCCCCCCC(=O)NC(COP(=O)([O-])OCC[N+](C)(C)C)C(O)CCCCCCCCCCCCCCCCCCCCCCCCCCCCCCCCCC. The molecule has 0 spiro atoms. The highest BCUT2D eigenvalue weighted by Crippen LogP contribution is 2.38. The van der Waals surface area contributed by atoms with Gasteiger partial charge in [-0.15, -0.1) is 0 Å². The quantitative estimate of drug-likeness (QED) is 0.0272. The third-order valence-corrected chi connectivity index (χ3v) is 18.0. The van der Waals surface area contributed by atoms with Crippen LogP contribution in [0.15, 0.2) is 60.8 Å². The monoisotopic (exact) mass is 1210 g/mol. The third-order valence-electron chi connectivity index (χ3n) is 17.0. The van der Waals surface area contributed by atoms with E-state index in [0.29, 0.717) is 23.9 Å². The zero-order chi connectivity index (χ0) is 61.9. The van der Waals surface area contributed by atoms with Gasteiger partial charge in [0.15, 0.2) is 0 Å². The maximum absolute atomic E-state index is 13.1. The molecule has 0 aliphatic rings. The van der Waals surface area contributed by atoms with Crippen molar-refractivity contribution in [3.8, 4) is 0 Å². The van der Waals surface area contributed by atoms with Gasteiger partial charge in [-0.05, 0) is 57.8 Å². The fourth-order valence-electron chi connectivity index (χ4n) is 11.3. The predicted octanol–water partition coefficient (Wildman–Crippen LogP) is 23.3. The lowest BCUT2D eigenvalue weighted by Crippen LogP contribution is -2.46. The average molecular weight is 1210 g/mol. The smallest absolute Gasteiger partial charge is 0.268 e. The first-order valence-electron chi connectivity index (χ1n) is 37.1. The van der Waals surface area contributed by atoms with E-state index in [-0.39, 0.29) is 19.1 Å². The molecule has 500 valence electrons. The van der Waals surface area contributed by atoms with E-state index in [2.05, 4.69) is 79.9 Å². The Morgan fingerprint density at radius 3 is 1.05 bits per heavy atom. The zero-order valence-electron chi connectivity index (χ0n) is 57.3. The molecular formula is C76H145N2O6P. The van der Waals surface area contributed by atoms with E-state index in [9.17, 15) is 19.4 Å². The minimum Gasteiger partial charge on any atom is -0.756 e. The van der Waals surface area contributed by atoms with Crippen molar-refractivity contribution in [1.82, 2.24) is 5.32 Å². The molecule has 0 saturated carbocycles. The summed E-state index contributed by atoms with van der Waals surface area (Å²) < 4.78 is 23.6. The molecule has 0 aromatic rings. The molecule has 0 aromatic heterocycles. The Labute approximate surface area is 530 Å². The molecule has 0 heterocycles. The number of unbranched alkanes of at least 4 members (excludes halogenated alkanes) is 46. The Kier molecular flexibility index (Phi) is 65.2. The van der Waals surface area contributed by atoms with Gasteiger partial charge < -0.3 is 28.8 Å². The minimum absolute atomic E-state index is 0.0121. The van der Waals surface area contributed by atoms with Crippen LogP contribution in [0.1, 0.15) is 367 Å². The van der Waals surface area contributed by atoms with Crippen molar-refractivity contribution in [2.45, 2.75) is 379 Å². The van der Waals surface area contributed by atoms with Gasteiger partial charge in [0.2, 0.25) is 5.91 Å². The van der Waals surface area contributed by atoms with E-state index >= 15 is 0 Å². The first kappa shape index (κ1) is 83.2. The number of rotatable bonds is 69. The van der Waals surface area contributed by atoms with Crippen LogP contribution in [0.4, 0.5) is 0 Å². The number of quaternary nitrogens is 1. The van der Waals surface area contributed by atoms with E-state index in [1.54, 1.807) is 0 Å². The molecule has 0 fully saturated rings. The van der Waals surface area contributed by atoms with Gasteiger partial charge in [-0.1, -0.05) is 364 Å². The van der Waals surface area contributed by atoms with E-state index in [1.165, 1.54) is 270 Å². The number of nitrogens with one attached hydrogen (secondary N) is 1. The number of aliphatic hydroxyl groups excluding tert-OH is 1. The fourth-order valence-corrected chi connectivity index (χ4v) is 12.0. The van der Waals surface area contributed by atoms with Gasteiger partial charge in [0.25, 0.3) is 7.82 Å². The molecule has 2 N–H and O–H groups in total. The predicted molar refractivity (Wildman–Crippen MR) is 371 cm³/mol. The first-order valence-corrected chi connectivity index (χ1v) is 38.6. The van der Waals surface area contributed by atoms with Crippen molar-refractivity contribution in [1.29, 1.82) is 0 Å². The number of amides is 1. The molecule has 1 amide bonds. The molecule has 85 heavy (non-hydrogen) atoms. The van der Waals surface area contributed by atoms with Crippen molar-refractivity contribution < 1.29 is 32.9 Å². The largest absolute Gasteiger partial charge is 0.756 e. The summed E-state index contributed by atoms with van der Waals surface area (Å²) in [7, 11) is 1.32. The van der Waals surface area contributed by atoms with Crippen LogP contribution in [-0.2, 0) is 18.4 Å². The van der Waals surface area contributed by atoms with Gasteiger partial charge in [0.05, 0.1) is 39.9 Å². The molecule has 0 bridgehead atoms. The van der Waals surface area contributed by atoms with E-state index < -0.39 is 20.0 Å². The van der Waals surface area contributed by atoms with Crippen LogP contribution in [0.25, 0.3) is 0 Å². The highest BCUT2D eigenvalue weighted by molar-refractivity contribution is 7.45. The number of allylic oxidation sites excluding steroid dienone is 10. The van der Waals surface area contributed by atoms with Gasteiger partial charge >= 0.3 is 0 Å². The first-order chi connectivity index (χ1) is 41.5. The molecule has 8 nitrogen and oxygen atoms in total. The van der Waals surface area contributed by atoms with Gasteiger partial charge in [-0.2, -0.15) is 0 Å². The molecule has 0 rings (SSSR count). The Bertz CT molecular complexity index is 1570. The van der Waals surface area contributed by atoms with Crippen LogP contribution < -0.4 is 10.2 Å². The topological polar surface area (TPSA) is 108 Å². The van der Waals surface area contributed by atoms with E-state index in [1.807, 2.05) is 21.1 Å². The van der Waals surface area contributed by atoms with Crippen LogP contribution in [0.5, 0.6) is 0 Å². The summed E-state index contributed by atoms with van der Waals surface area (Å²) >= 11 is 0. The Balaban J connectivity index is 3.99. The van der Waals surface area contributed by atoms with Crippen molar-refractivity contribution in [2.75, 3.05) is 40.9 Å². The molecule has 0 saturated heterocycles. The van der Waals surface area contributed by atoms with Crippen LogP contribution in [0, 0.1) is 0 Å². The molecule has 0 aliphatic heterocycles. The van der Waals surface area contributed by atoms with Crippen LogP contribution in [0.2, 0.25) is 0 Å². The van der Waals surface area contributed by atoms with Gasteiger partial charge in [-0.25, -0.2) is 0 Å². The van der Waals surface area contributed by atoms with E-state index in [4.69, 9.17) is 9.05 Å². The second kappa shape index (κ2) is 66.6. The minimum atomic E-state index is -4.58. The van der Waals surface area contributed by atoms with Gasteiger partial charge in [0.1, 0.15) is 13.2 Å². The number of carbonyl (C=O) groups excluding carboxylic acids is 1. The average Bonchev–Trinajstić information content (AvgIpc) is 3.49. The van der Waals surface area contributed by atoms with Gasteiger partial charge in [0, 0.05) is 6.42 Å². The van der Waals surface area contributed by atoms with Crippen molar-refractivity contribution in [3.05, 3.63) is 60.8 Å². The molecule has 3 unspecified atom stereocenters. The van der Waals surface area contributed by atoms with Crippen molar-refractivity contribution in [3.63, 3.8) is 0 Å². The highest BCUT2D eigenvalue weighted by Gasteiger charge is 2.24. The summed E-state index contributed by atoms with van der Waals surface area (Å²) in [5.41, 5.74) is 0. The van der Waals surface area contributed by atoms with Crippen LogP contribution in [-0.4, -0.2) is 68.5 Å². The maximum Gasteiger partial charge on any atom is 0.268 e. The molecule has 0 radical (unpaired) electrons. The number of aliphatic hydroxyl groups is 1. The summed E-state index contributed by atoms with van der Waals surface area (Å²) in [6.45, 7) is 4.66. The summed E-state index contributed by atoms with van der Waals surface area (Å²) in [6.07, 6.45) is 91.7. The molecule has 3 atom stereocenters. The number of nitrogens with zero attached hydrogens (tertiary/aromatic N) is 1. The molecule has 0 aromatic carbocycles. The number of hydrogen-bond acceptors (Lipinski definition) is 6. The Morgan fingerprint density at radius 1 is 0.424 bits per heavy atom. The normalized spacial score (nSPS) is 13.9.